The van der Waals surface area contributed by atoms with E-state index in [1.54, 1.807) is 24.3 Å². The Morgan fingerprint density at radius 1 is 1.00 bits per heavy atom. The molecule has 0 bridgehead atoms. The first kappa shape index (κ1) is 19.8. The number of nitrogens with zero attached hydrogens (tertiary/aromatic N) is 1. The predicted octanol–water partition coefficient (Wildman–Crippen LogP) is 2.99. The van der Waals surface area contributed by atoms with E-state index in [1.807, 2.05) is 0 Å². The lowest BCUT2D eigenvalue weighted by molar-refractivity contribution is 0.0697. The molecule has 7 heteroatoms. The second-order valence-electron chi connectivity index (χ2n) is 7.01. The number of carboxylic acids is 1. The van der Waals surface area contributed by atoms with Crippen LogP contribution in [0.3, 0.4) is 0 Å². The number of piperidine rings is 1. The van der Waals surface area contributed by atoms with Crippen molar-refractivity contribution in [2.24, 2.45) is 0 Å². The summed E-state index contributed by atoms with van der Waals surface area (Å²) < 4.78 is 13.0. The molecule has 3 N–H and O–H groups in total. The lowest BCUT2D eigenvalue weighted by atomic mass is 10.0. The van der Waals surface area contributed by atoms with Gasteiger partial charge in [-0.3, -0.25) is 4.90 Å². The highest BCUT2D eigenvalue weighted by Crippen LogP contribution is 2.14. The molecule has 0 aliphatic carbocycles. The number of hydrogen-bond acceptors (Lipinski definition) is 3. The molecule has 1 fully saturated rings. The van der Waals surface area contributed by atoms with Crippen LogP contribution in [0.25, 0.3) is 0 Å². The van der Waals surface area contributed by atoms with Crippen LogP contribution in [0.4, 0.5) is 9.18 Å². The highest BCUT2D eigenvalue weighted by atomic mass is 19.1. The molecule has 1 aliphatic rings. The number of likely N-dealkylation sites (tertiary alicyclic amines) is 1. The van der Waals surface area contributed by atoms with Gasteiger partial charge in [0, 0.05) is 32.2 Å². The summed E-state index contributed by atoms with van der Waals surface area (Å²) in [5.74, 6) is -1.20. The van der Waals surface area contributed by atoms with Gasteiger partial charge in [0.25, 0.3) is 0 Å². The fourth-order valence-corrected chi connectivity index (χ4v) is 3.27. The van der Waals surface area contributed by atoms with Crippen LogP contribution >= 0.6 is 0 Å². The Kier molecular flexibility index (Phi) is 6.60. The Hall–Kier alpha value is -2.93. The summed E-state index contributed by atoms with van der Waals surface area (Å²) in [5.41, 5.74) is 2.15. The van der Waals surface area contributed by atoms with Crippen molar-refractivity contribution in [3.63, 3.8) is 0 Å². The van der Waals surface area contributed by atoms with E-state index in [4.69, 9.17) is 5.11 Å². The van der Waals surface area contributed by atoms with Crippen molar-refractivity contribution in [3.8, 4) is 0 Å². The zero-order valence-electron chi connectivity index (χ0n) is 15.5. The molecule has 6 nitrogen and oxygen atoms in total. The fraction of sp³-hybridized carbons (Fsp3) is 0.333. The number of rotatable bonds is 6. The monoisotopic (exact) mass is 385 g/mol. The number of hydrogen-bond donors (Lipinski definition) is 3. The van der Waals surface area contributed by atoms with Gasteiger partial charge in [-0.25, -0.2) is 14.0 Å². The van der Waals surface area contributed by atoms with Crippen molar-refractivity contribution in [3.05, 3.63) is 71.0 Å². The SMILES string of the molecule is O=C(NCc1ccc(C(=O)O)cc1)NC1CCN(Cc2ccc(F)cc2)CC1. The van der Waals surface area contributed by atoms with E-state index in [9.17, 15) is 14.0 Å². The van der Waals surface area contributed by atoms with Crippen LogP contribution in [-0.4, -0.2) is 41.1 Å². The average molecular weight is 385 g/mol. The number of aromatic carboxylic acids is 1. The zero-order valence-corrected chi connectivity index (χ0v) is 15.5. The van der Waals surface area contributed by atoms with Crippen molar-refractivity contribution in [2.75, 3.05) is 13.1 Å². The van der Waals surface area contributed by atoms with E-state index >= 15 is 0 Å². The minimum absolute atomic E-state index is 0.124. The molecule has 2 amide bonds. The lowest BCUT2D eigenvalue weighted by Gasteiger charge is -2.32. The van der Waals surface area contributed by atoms with Crippen LogP contribution in [0.1, 0.15) is 34.3 Å². The Labute approximate surface area is 163 Å². The maximum Gasteiger partial charge on any atom is 0.335 e. The molecule has 0 spiro atoms. The van der Waals surface area contributed by atoms with Crippen LogP contribution in [0.5, 0.6) is 0 Å². The number of carboxylic acid groups (broad SMARTS) is 1. The molecule has 2 aromatic carbocycles. The summed E-state index contributed by atoms with van der Waals surface area (Å²) >= 11 is 0. The lowest BCUT2D eigenvalue weighted by Crippen LogP contribution is -2.47. The van der Waals surface area contributed by atoms with Crippen LogP contribution in [-0.2, 0) is 13.1 Å². The minimum Gasteiger partial charge on any atom is -0.478 e. The first-order chi connectivity index (χ1) is 13.5. The summed E-state index contributed by atoms with van der Waals surface area (Å²) in [6.07, 6.45) is 1.73. The number of urea groups is 1. The van der Waals surface area contributed by atoms with Gasteiger partial charge in [-0.15, -0.1) is 0 Å². The van der Waals surface area contributed by atoms with Crippen molar-refractivity contribution < 1.29 is 19.1 Å². The van der Waals surface area contributed by atoms with Crippen LogP contribution < -0.4 is 10.6 Å². The third-order valence-electron chi connectivity index (χ3n) is 4.90. The molecule has 2 aromatic rings. The molecular weight excluding hydrogens is 361 g/mol. The smallest absolute Gasteiger partial charge is 0.335 e. The molecular formula is C21H24FN3O3. The summed E-state index contributed by atoms with van der Waals surface area (Å²) in [4.78, 5) is 25.2. The quantitative estimate of drug-likeness (QED) is 0.714. The van der Waals surface area contributed by atoms with Gasteiger partial charge in [0.05, 0.1) is 5.56 Å². The normalized spacial score (nSPS) is 15.2. The molecule has 1 heterocycles. The van der Waals surface area contributed by atoms with E-state index in [1.165, 1.54) is 24.3 Å². The number of benzene rings is 2. The Morgan fingerprint density at radius 3 is 2.21 bits per heavy atom. The summed E-state index contributed by atoms with van der Waals surface area (Å²) in [6, 6.07) is 12.9. The van der Waals surface area contributed by atoms with Gasteiger partial charge in [0.1, 0.15) is 5.82 Å². The third-order valence-corrected chi connectivity index (χ3v) is 4.90. The Balaban J connectivity index is 1.37. The molecule has 0 radical (unpaired) electrons. The number of nitrogens with one attached hydrogen (secondary N) is 2. The van der Waals surface area contributed by atoms with Gasteiger partial charge in [-0.05, 0) is 48.2 Å². The topological polar surface area (TPSA) is 81.7 Å². The predicted molar refractivity (Wildman–Crippen MR) is 103 cm³/mol. The largest absolute Gasteiger partial charge is 0.478 e. The second-order valence-corrected chi connectivity index (χ2v) is 7.01. The van der Waals surface area contributed by atoms with Gasteiger partial charge in [-0.2, -0.15) is 0 Å². The van der Waals surface area contributed by atoms with Crippen molar-refractivity contribution in [1.29, 1.82) is 0 Å². The van der Waals surface area contributed by atoms with Crippen LogP contribution in [0.2, 0.25) is 0 Å². The number of halogens is 1. The summed E-state index contributed by atoms with van der Waals surface area (Å²) in [6.45, 7) is 2.87. The Bertz CT molecular complexity index is 801. The summed E-state index contributed by atoms with van der Waals surface area (Å²) in [5, 5.41) is 14.7. The molecule has 1 saturated heterocycles. The first-order valence-electron chi connectivity index (χ1n) is 9.33. The van der Waals surface area contributed by atoms with Gasteiger partial charge in [0.2, 0.25) is 0 Å². The van der Waals surface area contributed by atoms with E-state index in [0.717, 1.165) is 43.6 Å². The molecule has 0 unspecified atom stereocenters. The van der Waals surface area contributed by atoms with E-state index in [2.05, 4.69) is 15.5 Å². The van der Waals surface area contributed by atoms with E-state index in [-0.39, 0.29) is 23.5 Å². The minimum atomic E-state index is -0.969. The zero-order chi connectivity index (χ0) is 19.9. The van der Waals surface area contributed by atoms with Gasteiger partial charge in [-0.1, -0.05) is 24.3 Å². The fourth-order valence-electron chi connectivity index (χ4n) is 3.27. The van der Waals surface area contributed by atoms with Gasteiger partial charge < -0.3 is 15.7 Å². The number of carbonyl (C=O) groups excluding carboxylic acids is 1. The standard InChI is InChI=1S/C21H24FN3O3/c22-18-7-3-16(4-8-18)14-25-11-9-19(10-12-25)24-21(28)23-13-15-1-5-17(6-2-15)20(26)27/h1-8,19H,9-14H2,(H,26,27)(H2,23,24,28). The highest BCUT2D eigenvalue weighted by Gasteiger charge is 2.20. The highest BCUT2D eigenvalue weighted by molar-refractivity contribution is 5.87. The van der Waals surface area contributed by atoms with E-state index in [0.29, 0.717) is 6.54 Å². The number of amides is 2. The second kappa shape index (κ2) is 9.32. The van der Waals surface area contributed by atoms with Crippen LogP contribution in [0, 0.1) is 5.82 Å². The molecule has 0 aromatic heterocycles. The molecule has 1 aliphatic heterocycles. The average Bonchev–Trinajstić information content (AvgIpc) is 2.70. The van der Waals surface area contributed by atoms with Crippen molar-refractivity contribution in [1.82, 2.24) is 15.5 Å². The first-order valence-corrected chi connectivity index (χ1v) is 9.33. The van der Waals surface area contributed by atoms with Crippen molar-refractivity contribution >= 4 is 12.0 Å². The maximum atomic E-state index is 13.0. The van der Waals surface area contributed by atoms with Crippen LogP contribution in [0.15, 0.2) is 48.5 Å². The Morgan fingerprint density at radius 2 is 1.61 bits per heavy atom. The molecule has 0 atom stereocenters. The molecule has 28 heavy (non-hydrogen) atoms. The van der Waals surface area contributed by atoms with Gasteiger partial charge >= 0.3 is 12.0 Å². The summed E-state index contributed by atoms with van der Waals surface area (Å²) in [7, 11) is 0. The third kappa shape index (κ3) is 5.79. The molecule has 3 rings (SSSR count). The molecule has 0 saturated carbocycles. The van der Waals surface area contributed by atoms with Crippen molar-refractivity contribution in [2.45, 2.75) is 32.0 Å². The maximum absolute atomic E-state index is 13.0. The number of carbonyl (C=O) groups is 2. The van der Waals surface area contributed by atoms with Gasteiger partial charge in [0.15, 0.2) is 0 Å². The van der Waals surface area contributed by atoms with E-state index < -0.39 is 5.97 Å². The molecule has 148 valence electrons.